The molecule has 1 saturated heterocycles. The molecule has 164 valence electrons. The summed E-state index contributed by atoms with van der Waals surface area (Å²) in [6.45, 7) is 8.67. The Morgan fingerprint density at radius 1 is 1.06 bits per heavy atom. The van der Waals surface area contributed by atoms with E-state index in [0.29, 0.717) is 52.2 Å². The molecular formula is C25H29NO5. The Hall–Kier alpha value is -2.99. The summed E-state index contributed by atoms with van der Waals surface area (Å²) in [7, 11) is 1.59. The van der Waals surface area contributed by atoms with E-state index in [1.807, 2.05) is 0 Å². The van der Waals surface area contributed by atoms with Gasteiger partial charge in [0.1, 0.15) is 28.6 Å². The summed E-state index contributed by atoms with van der Waals surface area (Å²) in [6.07, 6.45) is 1.21. The first-order valence-corrected chi connectivity index (χ1v) is 10.7. The van der Waals surface area contributed by atoms with Crippen molar-refractivity contribution in [2.75, 3.05) is 20.2 Å². The molecule has 1 aliphatic heterocycles. The largest absolute Gasteiger partial charge is 0.507 e. The Morgan fingerprint density at radius 2 is 1.71 bits per heavy atom. The Balaban J connectivity index is 1.71. The second-order valence-corrected chi connectivity index (χ2v) is 8.67. The molecule has 2 atom stereocenters. The summed E-state index contributed by atoms with van der Waals surface area (Å²) in [4.78, 5) is 15.6. The van der Waals surface area contributed by atoms with Gasteiger partial charge in [-0.25, -0.2) is 0 Å². The van der Waals surface area contributed by atoms with Gasteiger partial charge in [0.25, 0.3) is 0 Å². The molecule has 0 radical (unpaired) electrons. The normalized spacial score (nSPS) is 19.5. The van der Waals surface area contributed by atoms with Crippen molar-refractivity contribution in [1.82, 2.24) is 4.90 Å². The molecule has 2 aromatic carbocycles. The average molecular weight is 424 g/mol. The van der Waals surface area contributed by atoms with Gasteiger partial charge in [-0.15, -0.1) is 0 Å². The van der Waals surface area contributed by atoms with Crippen LogP contribution in [-0.4, -0.2) is 30.2 Å². The molecule has 1 N–H and O–H groups in total. The number of piperidine rings is 1. The number of aryl methyl sites for hydroxylation is 1. The number of ether oxygens (including phenoxy) is 2. The Bertz CT molecular complexity index is 1130. The highest BCUT2D eigenvalue weighted by atomic mass is 16.5. The standard InChI is InChI=1S/C25H29NO5/c1-15-11-16(2)13-26(12-15)14-21-22(27)10-9-20-23(28)24(17(3)30-25(20)21)31-19-7-5-18(29-4)6-8-19/h5-10,15-16,27H,11-14H2,1-4H3. The fourth-order valence-corrected chi connectivity index (χ4v) is 4.57. The lowest BCUT2D eigenvalue weighted by molar-refractivity contribution is 0.133. The van der Waals surface area contributed by atoms with Gasteiger partial charge in [-0.3, -0.25) is 9.69 Å². The van der Waals surface area contributed by atoms with Crippen molar-refractivity contribution in [3.8, 4) is 23.0 Å². The zero-order valence-corrected chi connectivity index (χ0v) is 18.5. The molecule has 1 aliphatic rings. The summed E-state index contributed by atoms with van der Waals surface area (Å²) < 4.78 is 17.1. The number of methoxy groups -OCH3 is 1. The van der Waals surface area contributed by atoms with Crippen LogP contribution < -0.4 is 14.9 Å². The van der Waals surface area contributed by atoms with E-state index in [-0.39, 0.29) is 16.9 Å². The Kier molecular flexibility index (Phi) is 5.92. The molecule has 1 fully saturated rings. The number of phenolic OH excluding ortho intramolecular Hbond substituents is 1. The van der Waals surface area contributed by atoms with Crippen LogP contribution in [0, 0.1) is 18.8 Å². The van der Waals surface area contributed by atoms with Crippen molar-refractivity contribution in [2.24, 2.45) is 11.8 Å². The first kappa shape index (κ1) is 21.2. The third-order valence-electron chi connectivity index (χ3n) is 5.87. The molecule has 3 aromatic rings. The number of likely N-dealkylation sites (tertiary alicyclic amines) is 1. The second kappa shape index (κ2) is 8.63. The maximum Gasteiger partial charge on any atom is 0.235 e. The van der Waals surface area contributed by atoms with Crippen LogP contribution >= 0.6 is 0 Å². The summed E-state index contributed by atoms with van der Waals surface area (Å²) in [5.41, 5.74) is 0.821. The number of hydrogen-bond donors (Lipinski definition) is 1. The van der Waals surface area contributed by atoms with Crippen molar-refractivity contribution in [3.63, 3.8) is 0 Å². The van der Waals surface area contributed by atoms with Gasteiger partial charge in [-0.2, -0.15) is 0 Å². The third-order valence-corrected chi connectivity index (χ3v) is 5.87. The SMILES string of the molecule is COc1ccc(Oc2c(C)oc3c(CN4CC(C)CC(C)C4)c(O)ccc3c2=O)cc1. The van der Waals surface area contributed by atoms with E-state index in [4.69, 9.17) is 13.9 Å². The summed E-state index contributed by atoms with van der Waals surface area (Å²) in [5.74, 6) is 3.08. The van der Waals surface area contributed by atoms with Gasteiger partial charge in [0.15, 0.2) is 0 Å². The molecule has 0 spiro atoms. The van der Waals surface area contributed by atoms with Gasteiger partial charge in [0.2, 0.25) is 11.2 Å². The molecule has 31 heavy (non-hydrogen) atoms. The molecule has 0 bridgehead atoms. The quantitative estimate of drug-likeness (QED) is 0.617. The summed E-state index contributed by atoms with van der Waals surface area (Å²) >= 11 is 0. The summed E-state index contributed by atoms with van der Waals surface area (Å²) in [6, 6.07) is 10.2. The van der Waals surface area contributed by atoms with Crippen molar-refractivity contribution >= 4 is 11.0 Å². The minimum Gasteiger partial charge on any atom is -0.507 e. The average Bonchev–Trinajstić information content (AvgIpc) is 2.73. The van der Waals surface area contributed by atoms with Gasteiger partial charge in [-0.1, -0.05) is 13.8 Å². The first-order valence-electron chi connectivity index (χ1n) is 10.7. The van der Waals surface area contributed by atoms with E-state index in [2.05, 4.69) is 18.7 Å². The number of benzene rings is 2. The molecule has 2 unspecified atom stereocenters. The number of hydrogen-bond acceptors (Lipinski definition) is 6. The first-order chi connectivity index (χ1) is 14.9. The van der Waals surface area contributed by atoms with Crippen LogP contribution in [0.4, 0.5) is 0 Å². The van der Waals surface area contributed by atoms with Crippen LogP contribution in [0.3, 0.4) is 0 Å². The lowest BCUT2D eigenvalue weighted by atomic mass is 9.91. The van der Waals surface area contributed by atoms with Crippen molar-refractivity contribution in [1.29, 1.82) is 0 Å². The lowest BCUT2D eigenvalue weighted by Gasteiger charge is -2.35. The summed E-state index contributed by atoms with van der Waals surface area (Å²) in [5, 5.41) is 11.0. The van der Waals surface area contributed by atoms with Crippen LogP contribution in [0.2, 0.25) is 0 Å². The minimum absolute atomic E-state index is 0.143. The maximum absolute atomic E-state index is 13.2. The van der Waals surface area contributed by atoms with E-state index in [1.165, 1.54) is 6.42 Å². The van der Waals surface area contributed by atoms with E-state index in [9.17, 15) is 9.90 Å². The van der Waals surface area contributed by atoms with Crippen molar-refractivity contribution in [3.05, 3.63) is 57.9 Å². The molecular weight excluding hydrogens is 394 g/mol. The molecule has 0 aliphatic carbocycles. The van der Waals surface area contributed by atoms with E-state index < -0.39 is 0 Å². The molecule has 1 aromatic heterocycles. The zero-order chi connectivity index (χ0) is 22.1. The molecule has 6 nitrogen and oxygen atoms in total. The highest BCUT2D eigenvalue weighted by Crippen LogP contribution is 2.33. The Labute approximate surface area is 182 Å². The molecule has 4 rings (SSSR count). The zero-order valence-electron chi connectivity index (χ0n) is 18.5. The van der Waals surface area contributed by atoms with Gasteiger partial charge in [-0.05, 0) is 61.6 Å². The smallest absolute Gasteiger partial charge is 0.235 e. The molecule has 0 saturated carbocycles. The number of aromatic hydroxyl groups is 1. The van der Waals surface area contributed by atoms with E-state index >= 15 is 0 Å². The Morgan fingerprint density at radius 3 is 2.35 bits per heavy atom. The van der Waals surface area contributed by atoms with Gasteiger partial charge >= 0.3 is 0 Å². The van der Waals surface area contributed by atoms with E-state index in [0.717, 1.165) is 13.1 Å². The van der Waals surface area contributed by atoms with Gasteiger partial charge in [0.05, 0.1) is 18.1 Å². The minimum atomic E-state index is -0.254. The fraction of sp³-hybridized carbons (Fsp3) is 0.400. The highest BCUT2D eigenvalue weighted by molar-refractivity contribution is 5.83. The van der Waals surface area contributed by atoms with Crippen LogP contribution in [0.15, 0.2) is 45.6 Å². The van der Waals surface area contributed by atoms with Crippen molar-refractivity contribution < 1.29 is 19.0 Å². The molecule has 2 heterocycles. The van der Waals surface area contributed by atoms with Crippen molar-refractivity contribution in [2.45, 2.75) is 33.7 Å². The van der Waals surface area contributed by atoms with Gasteiger partial charge < -0.3 is 19.0 Å². The topological polar surface area (TPSA) is 72.1 Å². The van der Waals surface area contributed by atoms with Crippen LogP contribution in [0.1, 0.15) is 31.6 Å². The number of nitrogens with zero attached hydrogens (tertiary/aromatic N) is 1. The highest BCUT2D eigenvalue weighted by Gasteiger charge is 2.25. The predicted octanol–water partition coefficient (Wildman–Crippen LogP) is 5.09. The number of phenols is 1. The van der Waals surface area contributed by atoms with E-state index in [1.54, 1.807) is 50.4 Å². The third kappa shape index (κ3) is 4.39. The number of fused-ring (bicyclic) bond motifs is 1. The second-order valence-electron chi connectivity index (χ2n) is 8.67. The van der Waals surface area contributed by atoms with Crippen LogP contribution in [-0.2, 0) is 6.54 Å². The van der Waals surface area contributed by atoms with Gasteiger partial charge in [0, 0.05) is 19.6 Å². The van der Waals surface area contributed by atoms with Crippen LogP contribution in [0.5, 0.6) is 23.0 Å². The number of rotatable bonds is 5. The fourth-order valence-electron chi connectivity index (χ4n) is 4.57. The molecule has 6 heteroatoms. The monoisotopic (exact) mass is 423 g/mol. The predicted molar refractivity (Wildman–Crippen MR) is 120 cm³/mol. The maximum atomic E-state index is 13.2. The lowest BCUT2D eigenvalue weighted by Crippen LogP contribution is -2.38. The van der Waals surface area contributed by atoms with Crippen LogP contribution in [0.25, 0.3) is 11.0 Å². The molecule has 0 amide bonds.